The minimum Gasteiger partial charge on any atom is -0.399 e. The number of hydrogen-bond donors (Lipinski definition) is 1. The second-order valence-electron chi connectivity index (χ2n) is 6.34. The van der Waals surface area contributed by atoms with E-state index < -0.39 is 0 Å². The van der Waals surface area contributed by atoms with Crippen molar-refractivity contribution >= 4 is 17.1 Å². The Hall–Kier alpha value is -3.86. The van der Waals surface area contributed by atoms with Gasteiger partial charge in [-0.05, 0) is 84.6 Å². The number of nitrogen functional groups attached to an aromatic ring is 1. The molecule has 5 heteroatoms. The van der Waals surface area contributed by atoms with Crippen LogP contribution in [0, 0.1) is 0 Å². The van der Waals surface area contributed by atoms with Gasteiger partial charge in [0, 0.05) is 30.5 Å². The van der Waals surface area contributed by atoms with Gasteiger partial charge in [0.1, 0.15) is 0 Å². The van der Waals surface area contributed by atoms with Crippen molar-refractivity contribution in [3.05, 3.63) is 115 Å². The highest BCUT2D eigenvalue weighted by atomic mass is 15.1. The zero-order chi connectivity index (χ0) is 20.2. The molecule has 2 heterocycles. The fourth-order valence-corrected chi connectivity index (χ4v) is 2.54. The summed E-state index contributed by atoms with van der Waals surface area (Å²) in [4.78, 5) is 7.98. The summed E-state index contributed by atoms with van der Waals surface area (Å²) < 4.78 is 0. The average molecular weight is 381 g/mol. The molecule has 0 fully saturated rings. The van der Waals surface area contributed by atoms with Crippen LogP contribution in [-0.4, -0.2) is 9.97 Å². The molecule has 0 aliphatic heterocycles. The Balaban J connectivity index is 0.000000166. The molecule has 0 unspecified atom stereocenters. The molecule has 2 N–H and O–H groups in total. The van der Waals surface area contributed by atoms with Crippen molar-refractivity contribution in [1.82, 2.24) is 9.97 Å². The fraction of sp³-hybridized carbons (Fsp3) is 0.0833. The van der Waals surface area contributed by atoms with E-state index in [1.807, 2.05) is 67.3 Å². The van der Waals surface area contributed by atoms with Gasteiger partial charge < -0.3 is 5.73 Å². The van der Waals surface area contributed by atoms with E-state index in [-0.39, 0.29) is 0 Å². The van der Waals surface area contributed by atoms with Crippen molar-refractivity contribution < 1.29 is 0 Å². The lowest BCUT2D eigenvalue weighted by Crippen LogP contribution is -1.91. The van der Waals surface area contributed by atoms with Crippen LogP contribution in [0.2, 0.25) is 0 Å². The summed E-state index contributed by atoms with van der Waals surface area (Å²) in [7, 11) is 0. The van der Waals surface area contributed by atoms with Crippen molar-refractivity contribution in [2.75, 3.05) is 5.73 Å². The zero-order valence-corrected chi connectivity index (χ0v) is 16.1. The molecule has 5 nitrogen and oxygen atoms in total. The molecule has 29 heavy (non-hydrogen) atoms. The topological polar surface area (TPSA) is 76.5 Å². The summed E-state index contributed by atoms with van der Waals surface area (Å²) >= 11 is 0. The minimum atomic E-state index is 0.730. The third-order valence-electron chi connectivity index (χ3n) is 4.13. The molecule has 2 aromatic carbocycles. The lowest BCUT2D eigenvalue weighted by Gasteiger charge is -2.00. The molecular formula is C24H23N5. The number of azo groups is 1. The van der Waals surface area contributed by atoms with Gasteiger partial charge in [-0.1, -0.05) is 18.2 Å². The average Bonchev–Trinajstić information content (AvgIpc) is 2.80. The number of aromatic nitrogens is 2. The largest absolute Gasteiger partial charge is 0.399 e. The number of anilines is 1. The number of benzene rings is 2. The van der Waals surface area contributed by atoms with Gasteiger partial charge in [-0.15, -0.1) is 0 Å². The van der Waals surface area contributed by atoms with Crippen LogP contribution in [0.3, 0.4) is 0 Å². The smallest absolute Gasteiger partial charge is 0.0858 e. The molecule has 0 atom stereocenters. The predicted molar refractivity (Wildman–Crippen MR) is 117 cm³/mol. The molecule has 0 aliphatic rings. The van der Waals surface area contributed by atoms with Crippen LogP contribution in [-0.2, 0) is 12.8 Å². The van der Waals surface area contributed by atoms with E-state index in [2.05, 4.69) is 44.5 Å². The van der Waals surface area contributed by atoms with Gasteiger partial charge in [0.2, 0.25) is 0 Å². The maximum Gasteiger partial charge on any atom is 0.0858 e. The molecule has 0 saturated heterocycles. The fourth-order valence-electron chi connectivity index (χ4n) is 2.54. The molecule has 0 amide bonds. The number of aryl methyl sites for hydroxylation is 2. The molecule has 0 spiro atoms. The van der Waals surface area contributed by atoms with Gasteiger partial charge in [0.25, 0.3) is 0 Å². The van der Waals surface area contributed by atoms with Crippen LogP contribution in [0.15, 0.2) is 114 Å². The summed E-state index contributed by atoms with van der Waals surface area (Å²) in [5.41, 5.74) is 10.6. The molecule has 2 aromatic heterocycles. The third kappa shape index (κ3) is 7.34. The van der Waals surface area contributed by atoms with E-state index in [0.29, 0.717) is 0 Å². The van der Waals surface area contributed by atoms with Crippen molar-refractivity contribution in [1.29, 1.82) is 0 Å². The van der Waals surface area contributed by atoms with Gasteiger partial charge in [-0.3, -0.25) is 9.97 Å². The Kier molecular flexibility index (Phi) is 7.61. The highest BCUT2D eigenvalue weighted by molar-refractivity contribution is 5.48. The Morgan fingerprint density at radius 1 is 0.552 bits per heavy atom. The van der Waals surface area contributed by atoms with Crippen LogP contribution in [0.5, 0.6) is 0 Å². The Bertz CT molecular complexity index is 946. The van der Waals surface area contributed by atoms with Crippen LogP contribution in [0.25, 0.3) is 0 Å². The first-order valence-electron chi connectivity index (χ1n) is 9.40. The predicted octanol–water partition coefficient (Wildman–Crippen LogP) is 5.95. The summed E-state index contributed by atoms with van der Waals surface area (Å²) in [6, 6.07) is 25.1. The first-order valence-corrected chi connectivity index (χ1v) is 9.40. The van der Waals surface area contributed by atoms with Crippen molar-refractivity contribution in [2.24, 2.45) is 10.2 Å². The Labute approximate surface area is 171 Å². The standard InChI is InChI=1S/C12H11N3.C12H12N2/c13-10-6-8-12(9-7-10)15-14-11-4-2-1-3-5-11;1(11-3-7-13-8-4-11)2-12-5-9-14-10-6-12/h1-9H,13H2;3-10H,1-2H2. The lowest BCUT2D eigenvalue weighted by atomic mass is 10.1. The number of hydrogen-bond acceptors (Lipinski definition) is 5. The molecule has 144 valence electrons. The maximum atomic E-state index is 5.56. The molecule has 4 rings (SSSR count). The molecular weight excluding hydrogens is 358 g/mol. The van der Waals surface area contributed by atoms with E-state index in [1.165, 1.54) is 11.1 Å². The number of rotatable bonds is 5. The van der Waals surface area contributed by atoms with Crippen LogP contribution >= 0.6 is 0 Å². The summed E-state index contributed by atoms with van der Waals surface area (Å²) in [6.07, 6.45) is 9.46. The van der Waals surface area contributed by atoms with E-state index in [9.17, 15) is 0 Å². The number of nitrogens with zero attached hydrogens (tertiary/aromatic N) is 4. The Morgan fingerprint density at radius 2 is 1.00 bits per heavy atom. The molecule has 4 aromatic rings. The first-order chi connectivity index (χ1) is 14.3. The second-order valence-corrected chi connectivity index (χ2v) is 6.34. The summed E-state index contributed by atoms with van der Waals surface area (Å²) in [6.45, 7) is 0. The van der Waals surface area contributed by atoms with Gasteiger partial charge in [-0.2, -0.15) is 10.2 Å². The third-order valence-corrected chi connectivity index (χ3v) is 4.13. The quantitative estimate of drug-likeness (QED) is 0.343. The van der Waals surface area contributed by atoms with E-state index in [1.54, 1.807) is 12.1 Å². The van der Waals surface area contributed by atoms with Crippen molar-refractivity contribution in [3.63, 3.8) is 0 Å². The molecule has 0 aliphatic carbocycles. The van der Waals surface area contributed by atoms with Gasteiger partial charge in [0.15, 0.2) is 0 Å². The summed E-state index contributed by atoms with van der Waals surface area (Å²) in [5, 5.41) is 8.18. The number of nitrogens with two attached hydrogens (primary N) is 1. The number of pyridine rings is 2. The molecule has 0 bridgehead atoms. The van der Waals surface area contributed by atoms with E-state index in [0.717, 1.165) is 29.9 Å². The Morgan fingerprint density at radius 3 is 1.48 bits per heavy atom. The normalized spacial score (nSPS) is 10.3. The molecule has 0 radical (unpaired) electrons. The summed E-state index contributed by atoms with van der Waals surface area (Å²) in [5.74, 6) is 0. The van der Waals surface area contributed by atoms with Gasteiger partial charge in [-0.25, -0.2) is 0 Å². The van der Waals surface area contributed by atoms with Crippen molar-refractivity contribution in [2.45, 2.75) is 12.8 Å². The van der Waals surface area contributed by atoms with Crippen molar-refractivity contribution in [3.8, 4) is 0 Å². The maximum absolute atomic E-state index is 5.56. The van der Waals surface area contributed by atoms with Crippen LogP contribution in [0.4, 0.5) is 17.1 Å². The molecule has 0 saturated carbocycles. The van der Waals surface area contributed by atoms with Gasteiger partial charge in [0.05, 0.1) is 11.4 Å². The monoisotopic (exact) mass is 381 g/mol. The van der Waals surface area contributed by atoms with E-state index >= 15 is 0 Å². The first kappa shape index (κ1) is 19.9. The zero-order valence-electron chi connectivity index (χ0n) is 16.1. The van der Waals surface area contributed by atoms with E-state index in [4.69, 9.17) is 5.73 Å². The highest BCUT2D eigenvalue weighted by Gasteiger charge is 1.94. The van der Waals surface area contributed by atoms with Gasteiger partial charge >= 0.3 is 0 Å². The second kappa shape index (κ2) is 11.1. The van der Waals surface area contributed by atoms with Crippen LogP contribution in [0.1, 0.15) is 11.1 Å². The van der Waals surface area contributed by atoms with Crippen LogP contribution < -0.4 is 5.73 Å². The highest BCUT2D eigenvalue weighted by Crippen LogP contribution is 2.18. The SMILES string of the molecule is Nc1ccc(N=Nc2ccccc2)cc1.c1cc(CCc2ccncc2)ccn1. The lowest BCUT2D eigenvalue weighted by molar-refractivity contribution is 0.951. The minimum absolute atomic E-state index is 0.730.